The molecule has 0 atom stereocenters. The van der Waals surface area contributed by atoms with Gasteiger partial charge < -0.3 is 10.1 Å². The van der Waals surface area contributed by atoms with Crippen molar-refractivity contribution in [3.05, 3.63) is 42.1 Å². The molecule has 0 saturated heterocycles. The first-order chi connectivity index (χ1) is 8.35. The van der Waals surface area contributed by atoms with Crippen LogP contribution >= 0.6 is 0 Å². The van der Waals surface area contributed by atoms with Gasteiger partial charge in [-0.2, -0.15) is 0 Å². The van der Waals surface area contributed by atoms with Crippen LogP contribution in [-0.2, 0) is 6.42 Å². The van der Waals surface area contributed by atoms with E-state index in [-0.39, 0.29) is 0 Å². The first-order valence-corrected chi connectivity index (χ1v) is 5.30. The predicted molar refractivity (Wildman–Crippen MR) is 65.2 cm³/mol. The summed E-state index contributed by atoms with van der Waals surface area (Å²) in [6.45, 7) is 0. The summed E-state index contributed by atoms with van der Waals surface area (Å²) in [5.41, 5.74) is 1.78. The summed E-state index contributed by atoms with van der Waals surface area (Å²) in [6, 6.07) is 5.80. The number of nitrogens with one attached hydrogen (secondary N) is 1. The van der Waals surface area contributed by atoms with Crippen LogP contribution in [0.1, 0.15) is 11.4 Å². The zero-order chi connectivity index (χ0) is 12.1. The third-order valence-corrected chi connectivity index (χ3v) is 2.39. The maximum Gasteiger partial charge on any atom is 0.183 e. The van der Waals surface area contributed by atoms with E-state index in [0.717, 1.165) is 11.4 Å². The van der Waals surface area contributed by atoms with Crippen molar-refractivity contribution >= 4 is 5.82 Å². The Morgan fingerprint density at radius 2 is 2.12 bits per heavy atom. The zero-order valence-electron chi connectivity index (χ0n) is 9.84. The van der Waals surface area contributed by atoms with E-state index < -0.39 is 0 Å². The highest BCUT2D eigenvalue weighted by atomic mass is 16.5. The average Bonchev–Trinajstić information content (AvgIpc) is 2.39. The van der Waals surface area contributed by atoms with Crippen LogP contribution in [0.2, 0.25) is 0 Å². The molecular formula is C12H14N4O. The lowest BCUT2D eigenvalue weighted by Gasteiger charge is -2.10. The monoisotopic (exact) mass is 230 g/mol. The van der Waals surface area contributed by atoms with Crippen molar-refractivity contribution in [1.82, 2.24) is 15.0 Å². The van der Waals surface area contributed by atoms with Crippen LogP contribution in [-0.4, -0.2) is 29.1 Å². The van der Waals surface area contributed by atoms with E-state index in [2.05, 4.69) is 20.3 Å². The normalized spacial score (nSPS) is 10.0. The fourth-order valence-electron chi connectivity index (χ4n) is 1.60. The lowest BCUT2D eigenvalue weighted by molar-refractivity contribution is 0.407. The molecule has 1 N–H and O–H groups in total. The van der Waals surface area contributed by atoms with Crippen LogP contribution in [0, 0.1) is 0 Å². The van der Waals surface area contributed by atoms with Gasteiger partial charge in [0, 0.05) is 25.4 Å². The second-order valence-electron chi connectivity index (χ2n) is 3.45. The average molecular weight is 230 g/mol. The summed E-state index contributed by atoms with van der Waals surface area (Å²) in [6.07, 6.45) is 3.91. The van der Waals surface area contributed by atoms with E-state index in [1.807, 2.05) is 18.2 Å². The van der Waals surface area contributed by atoms with E-state index in [1.54, 1.807) is 20.4 Å². The van der Waals surface area contributed by atoms with Gasteiger partial charge in [0.25, 0.3) is 0 Å². The lowest BCUT2D eigenvalue weighted by Crippen LogP contribution is -2.04. The largest absolute Gasteiger partial charge is 0.491 e. The van der Waals surface area contributed by atoms with Crippen molar-refractivity contribution in [3.8, 4) is 5.75 Å². The quantitative estimate of drug-likeness (QED) is 0.862. The van der Waals surface area contributed by atoms with Crippen molar-refractivity contribution in [3.63, 3.8) is 0 Å². The number of ether oxygens (including phenoxy) is 1. The van der Waals surface area contributed by atoms with Crippen LogP contribution in [0.15, 0.2) is 30.7 Å². The Labute approximate surface area is 99.9 Å². The van der Waals surface area contributed by atoms with Crippen molar-refractivity contribution in [2.45, 2.75) is 6.42 Å². The van der Waals surface area contributed by atoms with Gasteiger partial charge >= 0.3 is 0 Å². The SMILES string of the molecule is CNc1ncnc(Cc2ccccn2)c1OC. The molecule has 0 aliphatic heterocycles. The van der Waals surface area contributed by atoms with E-state index >= 15 is 0 Å². The molecule has 88 valence electrons. The van der Waals surface area contributed by atoms with Gasteiger partial charge in [-0.25, -0.2) is 9.97 Å². The Balaban J connectivity index is 2.33. The molecule has 0 spiro atoms. The van der Waals surface area contributed by atoms with Crippen molar-refractivity contribution in [1.29, 1.82) is 0 Å². The molecule has 0 bridgehead atoms. The number of nitrogens with zero attached hydrogens (tertiary/aromatic N) is 3. The summed E-state index contributed by atoms with van der Waals surface area (Å²) in [5.74, 6) is 1.36. The van der Waals surface area contributed by atoms with E-state index in [0.29, 0.717) is 18.0 Å². The molecule has 0 aromatic carbocycles. The number of pyridine rings is 1. The van der Waals surface area contributed by atoms with Crippen LogP contribution in [0.5, 0.6) is 5.75 Å². The molecule has 17 heavy (non-hydrogen) atoms. The molecule has 0 saturated carbocycles. The molecule has 0 aliphatic rings. The number of hydrogen-bond acceptors (Lipinski definition) is 5. The Morgan fingerprint density at radius 3 is 2.76 bits per heavy atom. The number of anilines is 1. The molecule has 2 aromatic rings. The Morgan fingerprint density at radius 1 is 1.24 bits per heavy atom. The maximum atomic E-state index is 5.32. The second-order valence-corrected chi connectivity index (χ2v) is 3.45. The molecule has 0 amide bonds. The summed E-state index contributed by atoms with van der Waals surface area (Å²) in [5, 5.41) is 2.98. The number of hydrogen-bond donors (Lipinski definition) is 1. The number of methoxy groups -OCH3 is 1. The molecule has 0 aliphatic carbocycles. The highest BCUT2D eigenvalue weighted by Crippen LogP contribution is 2.25. The maximum absolute atomic E-state index is 5.32. The van der Waals surface area contributed by atoms with Gasteiger partial charge in [-0.05, 0) is 12.1 Å². The number of aromatic nitrogens is 3. The zero-order valence-corrected chi connectivity index (χ0v) is 9.84. The highest BCUT2D eigenvalue weighted by Gasteiger charge is 2.11. The Bertz CT molecular complexity index is 487. The molecule has 0 fully saturated rings. The molecule has 2 heterocycles. The second kappa shape index (κ2) is 5.25. The molecule has 5 nitrogen and oxygen atoms in total. The van der Waals surface area contributed by atoms with E-state index in [1.165, 1.54) is 6.33 Å². The summed E-state index contributed by atoms with van der Waals surface area (Å²) >= 11 is 0. The standard InChI is InChI=1S/C12H14N4O/c1-13-12-11(17-2)10(15-8-16-12)7-9-5-3-4-6-14-9/h3-6,8H,7H2,1-2H3,(H,13,15,16). The molecule has 5 heteroatoms. The van der Waals surface area contributed by atoms with Crippen LogP contribution in [0.25, 0.3) is 0 Å². The number of rotatable bonds is 4. The van der Waals surface area contributed by atoms with Crippen LogP contribution in [0.4, 0.5) is 5.82 Å². The molecule has 2 rings (SSSR count). The fraction of sp³-hybridized carbons (Fsp3) is 0.250. The molecular weight excluding hydrogens is 216 g/mol. The van der Waals surface area contributed by atoms with Gasteiger partial charge in [-0.3, -0.25) is 4.98 Å². The molecule has 0 radical (unpaired) electrons. The van der Waals surface area contributed by atoms with Crippen molar-refractivity contribution in [2.75, 3.05) is 19.5 Å². The van der Waals surface area contributed by atoms with Gasteiger partial charge in [0.2, 0.25) is 0 Å². The topological polar surface area (TPSA) is 59.9 Å². The summed E-state index contributed by atoms with van der Waals surface area (Å²) in [4.78, 5) is 12.6. The summed E-state index contributed by atoms with van der Waals surface area (Å²) < 4.78 is 5.32. The van der Waals surface area contributed by atoms with Gasteiger partial charge in [0.15, 0.2) is 11.6 Å². The van der Waals surface area contributed by atoms with Gasteiger partial charge in [0.1, 0.15) is 6.33 Å². The minimum Gasteiger partial charge on any atom is -0.491 e. The van der Waals surface area contributed by atoms with Crippen molar-refractivity contribution < 1.29 is 4.74 Å². The minimum atomic E-state index is 0.626. The highest BCUT2D eigenvalue weighted by molar-refractivity contribution is 5.52. The first kappa shape index (κ1) is 11.3. The minimum absolute atomic E-state index is 0.626. The predicted octanol–water partition coefficient (Wildman–Crippen LogP) is 1.51. The third-order valence-electron chi connectivity index (χ3n) is 2.39. The van der Waals surface area contributed by atoms with E-state index in [4.69, 9.17) is 4.74 Å². The summed E-state index contributed by atoms with van der Waals surface area (Å²) in [7, 11) is 3.41. The Hall–Kier alpha value is -2.17. The third kappa shape index (κ3) is 2.50. The smallest absolute Gasteiger partial charge is 0.183 e. The fourth-order valence-corrected chi connectivity index (χ4v) is 1.60. The van der Waals surface area contributed by atoms with Gasteiger partial charge in [0.05, 0.1) is 12.8 Å². The van der Waals surface area contributed by atoms with Crippen LogP contribution < -0.4 is 10.1 Å². The van der Waals surface area contributed by atoms with Crippen LogP contribution in [0.3, 0.4) is 0 Å². The molecule has 2 aromatic heterocycles. The first-order valence-electron chi connectivity index (χ1n) is 5.30. The molecule has 0 unspecified atom stereocenters. The lowest BCUT2D eigenvalue weighted by atomic mass is 10.2. The van der Waals surface area contributed by atoms with Crippen molar-refractivity contribution in [2.24, 2.45) is 0 Å². The van der Waals surface area contributed by atoms with E-state index in [9.17, 15) is 0 Å². The Kier molecular flexibility index (Phi) is 3.49. The van der Waals surface area contributed by atoms with Gasteiger partial charge in [-0.1, -0.05) is 6.07 Å². The van der Waals surface area contributed by atoms with Gasteiger partial charge in [-0.15, -0.1) is 0 Å².